The number of ether oxygens (including phenoxy) is 2. The molecule has 236 valence electrons. The molecule has 0 saturated carbocycles. The van der Waals surface area contributed by atoms with Gasteiger partial charge in [-0.1, -0.05) is 83.1 Å². The second-order valence-electron chi connectivity index (χ2n) is 14.6. The van der Waals surface area contributed by atoms with Crippen LogP contribution in [0.3, 0.4) is 0 Å². The van der Waals surface area contributed by atoms with Crippen molar-refractivity contribution in [3.8, 4) is 0 Å². The number of hydrogen-bond acceptors (Lipinski definition) is 6. The molecule has 1 amide bonds. The summed E-state index contributed by atoms with van der Waals surface area (Å²) in [6.07, 6.45) is -8.98. The Morgan fingerprint density at radius 3 is 1.75 bits per heavy atom. The van der Waals surface area contributed by atoms with Gasteiger partial charge in [-0.2, -0.15) is 13.2 Å². The van der Waals surface area contributed by atoms with Crippen LogP contribution < -0.4 is 5.32 Å². The molecular weight excluding hydrogens is 559 g/mol. The van der Waals surface area contributed by atoms with E-state index in [4.69, 9.17) is 22.8 Å². The first-order valence-corrected chi connectivity index (χ1v) is 18.6. The van der Waals surface area contributed by atoms with Gasteiger partial charge in [-0.3, -0.25) is 4.79 Å². The molecule has 0 aliphatic carbocycles. The van der Waals surface area contributed by atoms with E-state index < -0.39 is 59.6 Å². The van der Waals surface area contributed by atoms with Crippen LogP contribution in [0.15, 0.2) is 0 Å². The Kier molecular flexibility index (Phi) is 10.9. The van der Waals surface area contributed by atoms with Gasteiger partial charge in [0.25, 0.3) is 0 Å². The maximum atomic E-state index is 13.6. The molecule has 0 unspecified atom stereocenters. The van der Waals surface area contributed by atoms with Gasteiger partial charge in [0.1, 0.15) is 18.2 Å². The predicted molar refractivity (Wildman–Crippen MR) is 155 cm³/mol. The summed E-state index contributed by atoms with van der Waals surface area (Å²) >= 11 is 0. The number of fused-ring (bicyclic) bond motifs is 1. The van der Waals surface area contributed by atoms with Gasteiger partial charge in [-0.25, -0.2) is 0 Å². The third kappa shape index (κ3) is 6.83. The fourth-order valence-corrected chi connectivity index (χ4v) is 17.6. The normalized spacial score (nSPS) is 28.4. The molecule has 2 aliphatic heterocycles. The van der Waals surface area contributed by atoms with Crippen LogP contribution in [-0.2, 0) is 27.5 Å². The fraction of sp³-hybridized carbons (Fsp3) is 0.964. The minimum absolute atomic E-state index is 0.143. The smallest absolute Gasteiger partial charge is 0.408 e. The zero-order valence-corrected chi connectivity index (χ0v) is 29.0. The maximum absolute atomic E-state index is 13.6. The molecule has 0 spiro atoms. The summed E-state index contributed by atoms with van der Waals surface area (Å²) in [5, 5.41) is 1.47. The topological polar surface area (TPSA) is 75.2 Å². The lowest BCUT2D eigenvalue weighted by atomic mass is 9.96. The van der Waals surface area contributed by atoms with Crippen LogP contribution in [0.2, 0.25) is 26.7 Å². The first-order chi connectivity index (χ1) is 17.9. The molecular formula is C28H54F3NO6Si2. The van der Waals surface area contributed by atoms with Crippen molar-refractivity contribution in [1.29, 1.82) is 0 Å². The molecule has 0 aromatic rings. The first kappa shape index (κ1) is 35.7. The van der Waals surface area contributed by atoms with E-state index in [9.17, 15) is 18.0 Å². The number of alkyl halides is 3. The summed E-state index contributed by atoms with van der Waals surface area (Å²) in [6.45, 7) is 28.9. The van der Waals surface area contributed by atoms with Crippen molar-refractivity contribution in [2.45, 2.75) is 167 Å². The number of hydrogen-bond donors (Lipinski definition) is 1. The molecule has 40 heavy (non-hydrogen) atoms. The lowest BCUT2D eigenvalue weighted by Crippen LogP contribution is -2.75. The quantitative estimate of drug-likeness (QED) is 0.292. The van der Waals surface area contributed by atoms with Crippen molar-refractivity contribution in [2.75, 3.05) is 6.61 Å². The molecule has 2 heterocycles. The summed E-state index contributed by atoms with van der Waals surface area (Å²) in [5.41, 5.74) is 0.429. The largest absolute Gasteiger partial charge is 0.471 e. The molecule has 1 N–H and O–H groups in total. The summed E-state index contributed by atoms with van der Waals surface area (Å²) in [7, 11) is -5.76. The Morgan fingerprint density at radius 1 is 0.900 bits per heavy atom. The summed E-state index contributed by atoms with van der Waals surface area (Å²) < 4.78 is 74.1. The number of amides is 1. The lowest BCUT2D eigenvalue weighted by molar-refractivity contribution is -0.287. The number of nitrogens with one attached hydrogen (secondary N) is 1. The molecule has 12 heteroatoms. The predicted octanol–water partition coefficient (Wildman–Crippen LogP) is 7.20. The molecule has 0 radical (unpaired) electrons. The van der Waals surface area contributed by atoms with Crippen LogP contribution in [0.1, 0.15) is 96.9 Å². The van der Waals surface area contributed by atoms with Crippen molar-refractivity contribution in [2.24, 2.45) is 0 Å². The summed E-state index contributed by atoms with van der Waals surface area (Å²) in [5.74, 6) is -2.06. The second kappa shape index (κ2) is 12.2. The Bertz CT molecular complexity index is 834. The molecule has 2 fully saturated rings. The molecule has 0 bridgehead atoms. The minimum atomic E-state index is -5.09. The summed E-state index contributed by atoms with van der Waals surface area (Å²) in [4.78, 5) is 12.4. The Balaban J connectivity index is 2.80. The fourth-order valence-electron chi connectivity index (χ4n) is 7.07. The number of carbonyl (C=O) groups is 1. The SMILES string of the molecule is CC(C)O[C@@H]1O[C@@H]2CO[Si](C(C)(C)C)(C(C)(C)C)O[C@H]2[C@H](O[Si](C(C)C)(C(C)C)C(C)C)[C@H]1NC(=O)C(F)(F)F. The van der Waals surface area contributed by atoms with Crippen molar-refractivity contribution in [1.82, 2.24) is 5.32 Å². The van der Waals surface area contributed by atoms with Gasteiger partial charge in [0, 0.05) is 10.1 Å². The lowest BCUT2D eigenvalue weighted by Gasteiger charge is -2.59. The number of carbonyl (C=O) groups excluding carboxylic acids is 1. The van der Waals surface area contributed by atoms with Gasteiger partial charge in [-0.15, -0.1) is 0 Å². The molecule has 2 aliphatic rings. The van der Waals surface area contributed by atoms with Crippen LogP contribution in [-0.4, -0.2) is 72.3 Å². The zero-order chi connectivity index (χ0) is 31.2. The highest BCUT2D eigenvalue weighted by molar-refractivity contribution is 6.77. The van der Waals surface area contributed by atoms with E-state index in [1.165, 1.54) is 0 Å². The standard InChI is InChI=1S/C28H54F3NO6Si2/c1-16(2)35-24-21(32-25(33)28(29,30)31)23(37-39(17(3)4,18(5)6)19(7)8)22-20(36-24)15-34-40(38-22,26(9,10)11)27(12,13)14/h16-24H,15H2,1-14H3,(H,32,33)/t20-,21-,22-,23-,24-/m1/s1. The van der Waals surface area contributed by atoms with Gasteiger partial charge in [0.15, 0.2) is 6.29 Å². The zero-order valence-electron chi connectivity index (χ0n) is 27.0. The Labute approximate surface area is 241 Å². The molecule has 7 nitrogen and oxygen atoms in total. The van der Waals surface area contributed by atoms with Gasteiger partial charge >= 0.3 is 20.6 Å². The van der Waals surface area contributed by atoms with E-state index in [1.54, 1.807) is 13.8 Å². The van der Waals surface area contributed by atoms with Crippen LogP contribution in [0.4, 0.5) is 13.2 Å². The van der Waals surface area contributed by atoms with Gasteiger partial charge in [-0.05, 0) is 30.5 Å². The van der Waals surface area contributed by atoms with E-state index in [0.29, 0.717) is 0 Å². The third-order valence-electron chi connectivity index (χ3n) is 8.38. The maximum Gasteiger partial charge on any atom is 0.471 e. The number of halogens is 3. The van der Waals surface area contributed by atoms with Crippen molar-refractivity contribution in [3.05, 3.63) is 0 Å². The highest BCUT2D eigenvalue weighted by Gasteiger charge is 2.66. The van der Waals surface area contributed by atoms with Crippen molar-refractivity contribution >= 4 is 22.8 Å². The van der Waals surface area contributed by atoms with Gasteiger partial charge in [0.2, 0.25) is 8.32 Å². The first-order valence-electron chi connectivity index (χ1n) is 14.6. The van der Waals surface area contributed by atoms with Gasteiger partial charge in [0.05, 0.1) is 18.8 Å². The van der Waals surface area contributed by atoms with Crippen LogP contribution in [0, 0.1) is 0 Å². The van der Waals surface area contributed by atoms with Crippen molar-refractivity contribution in [3.63, 3.8) is 0 Å². The molecule has 0 aromatic carbocycles. The molecule has 2 rings (SSSR count). The highest BCUT2D eigenvalue weighted by atomic mass is 28.4. The average molecular weight is 614 g/mol. The monoisotopic (exact) mass is 613 g/mol. The van der Waals surface area contributed by atoms with E-state index in [2.05, 4.69) is 88.4 Å². The second-order valence-corrected chi connectivity index (χ2v) is 24.8. The third-order valence-corrected chi connectivity index (χ3v) is 19.6. The average Bonchev–Trinajstić information content (AvgIpc) is 2.75. The van der Waals surface area contributed by atoms with E-state index in [1.807, 2.05) is 0 Å². The minimum Gasteiger partial charge on any atom is -0.408 e. The van der Waals surface area contributed by atoms with Crippen LogP contribution in [0.5, 0.6) is 0 Å². The van der Waals surface area contributed by atoms with E-state index in [-0.39, 0.29) is 39.4 Å². The van der Waals surface area contributed by atoms with Crippen LogP contribution in [0.25, 0.3) is 0 Å². The Morgan fingerprint density at radius 2 is 1.38 bits per heavy atom. The molecule has 0 aromatic heterocycles. The number of rotatable bonds is 8. The van der Waals surface area contributed by atoms with Gasteiger partial charge < -0.3 is 28.1 Å². The Hall–Kier alpha value is -0.506. The summed E-state index contributed by atoms with van der Waals surface area (Å²) in [6, 6.07) is -1.24. The van der Waals surface area contributed by atoms with Crippen molar-refractivity contribution < 1.29 is 40.7 Å². The van der Waals surface area contributed by atoms with E-state index >= 15 is 0 Å². The highest BCUT2D eigenvalue weighted by Crippen LogP contribution is 2.56. The van der Waals surface area contributed by atoms with E-state index in [0.717, 1.165) is 0 Å². The molecule has 5 atom stereocenters. The molecule has 2 saturated heterocycles. The van der Waals surface area contributed by atoms with Crippen LogP contribution >= 0.6 is 0 Å².